The maximum absolute atomic E-state index is 8.67. The Morgan fingerprint density at radius 3 is 1.74 bits per heavy atom. The fraction of sp³-hybridized carbons (Fsp3) is 0.171. The average molecular weight is 813 g/mol. The summed E-state index contributed by atoms with van der Waals surface area (Å²) >= 11 is 0. The van der Waals surface area contributed by atoms with Gasteiger partial charge in [-0.05, 0) is 33.7 Å². The third-order valence-corrected chi connectivity index (χ3v) is 11.7. The number of aromatic nitrogens is 2. The van der Waals surface area contributed by atoms with Crippen LogP contribution in [0.2, 0.25) is 39.3 Å². The van der Waals surface area contributed by atoms with Gasteiger partial charge in [0.2, 0.25) is 0 Å². The summed E-state index contributed by atoms with van der Waals surface area (Å²) in [7, 11) is -2.70. The van der Waals surface area contributed by atoms with Crippen LogP contribution in [-0.4, -0.2) is 26.1 Å². The fourth-order valence-corrected chi connectivity index (χ4v) is 6.91. The number of benzene rings is 4. The molecule has 0 aliphatic rings. The molecule has 0 saturated heterocycles. The molecule has 0 saturated carbocycles. The van der Waals surface area contributed by atoms with Crippen LogP contribution in [0.3, 0.4) is 0 Å². The molecule has 2 nitrogen and oxygen atoms in total. The maximum atomic E-state index is 8.67. The summed E-state index contributed by atoms with van der Waals surface area (Å²) in [6.07, 6.45) is 2.36. The van der Waals surface area contributed by atoms with Crippen molar-refractivity contribution >= 4 is 26.5 Å². The molecule has 0 spiro atoms. The minimum atomic E-state index is -1.60. The summed E-state index contributed by atoms with van der Waals surface area (Å²) in [5, 5.41) is 2.68. The molecule has 0 bridgehead atoms. The summed E-state index contributed by atoms with van der Waals surface area (Å²) < 4.78 is 17.3. The Hall–Kier alpha value is -3.74. The zero-order valence-corrected chi connectivity index (χ0v) is 31.8. The van der Waals surface area contributed by atoms with Gasteiger partial charge in [0, 0.05) is 35.2 Å². The van der Waals surface area contributed by atoms with E-state index >= 15 is 0 Å². The van der Waals surface area contributed by atoms with Crippen LogP contribution in [0.4, 0.5) is 0 Å². The second kappa shape index (κ2) is 15.7. The van der Waals surface area contributed by atoms with Crippen LogP contribution in [0.15, 0.2) is 134 Å². The molecule has 6 aromatic rings. The smallest absolute Gasteiger partial charge is 0.0795 e. The zero-order chi connectivity index (χ0) is 33.7. The Labute approximate surface area is 294 Å². The predicted molar refractivity (Wildman–Crippen MR) is 198 cm³/mol. The van der Waals surface area contributed by atoms with Gasteiger partial charge in [-0.15, -0.1) is 70.8 Å². The summed E-state index contributed by atoms with van der Waals surface area (Å²) in [5.74, 6) is 0. The van der Waals surface area contributed by atoms with Crippen LogP contribution < -0.4 is 10.4 Å². The number of hydrogen-bond acceptors (Lipinski definition) is 2. The molecule has 0 aliphatic carbocycles. The molecule has 1 radical (unpaired) electrons. The van der Waals surface area contributed by atoms with Crippen LogP contribution in [0.1, 0.15) is 13.9 Å². The molecule has 0 N–H and O–H groups in total. The van der Waals surface area contributed by atoms with Crippen molar-refractivity contribution in [3.63, 3.8) is 0 Å². The van der Waals surface area contributed by atoms with E-state index in [2.05, 4.69) is 116 Å². The van der Waals surface area contributed by atoms with Crippen molar-refractivity contribution in [1.29, 1.82) is 0 Å². The van der Waals surface area contributed by atoms with Crippen molar-refractivity contribution in [3.8, 4) is 33.6 Å². The van der Waals surface area contributed by atoms with Gasteiger partial charge in [-0.2, -0.15) is 0 Å². The van der Waals surface area contributed by atoms with E-state index in [-0.39, 0.29) is 20.1 Å². The summed E-state index contributed by atoms with van der Waals surface area (Å²) in [5.41, 5.74) is 7.16. The molecule has 235 valence electrons. The molecule has 2 heterocycles. The van der Waals surface area contributed by atoms with E-state index in [0.29, 0.717) is 11.1 Å². The molecule has 4 aromatic carbocycles. The van der Waals surface area contributed by atoms with Gasteiger partial charge >= 0.3 is 0 Å². The SMILES string of the molecule is C[Si](C)(C)c1ccc(-c2[c-]ccc(-c3ccccc3)c2)nc1.[2H]C([2H])(c1ccccc1)c1ccc[c-]c1-c1ccc([Si](C)(C)C)cn1.[Ir]. The molecule has 0 aliphatic heterocycles. The van der Waals surface area contributed by atoms with Crippen molar-refractivity contribution in [3.05, 3.63) is 157 Å². The molecule has 0 unspecified atom stereocenters. The second-order valence-corrected chi connectivity index (χ2v) is 23.3. The van der Waals surface area contributed by atoms with E-state index in [1.54, 1.807) is 0 Å². The number of nitrogens with zero attached hydrogens (tertiary/aromatic N) is 2. The summed E-state index contributed by atoms with van der Waals surface area (Å²) in [6.45, 7) is 13.9. The maximum Gasteiger partial charge on any atom is 0.0795 e. The second-order valence-electron chi connectivity index (χ2n) is 13.2. The number of hydrogen-bond donors (Lipinski definition) is 0. The molecular weight excluding hydrogens is 769 g/mol. The van der Waals surface area contributed by atoms with Gasteiger partial charge in [0.1, 0.15) is 0 Å². The minimum Gasteiger partial charge on any atom is -0.305 e. The van der Waals surface area contributed by atoms with E-state index in [1.165, 1.54) is 21.5 Å². The molecule has 2 aromatic heterocycles. The van der Waals surface area contributed by atoms with Gasteiger partial charge in [0.05, 0.1) is 16.1 Å². The molecule has 5 heteroatoms. The Bertz CT molecular complexity index is 1900. The summed E-state index contributed by atoms with van der Waals surface area (Å²) in [4.78, 5) is 9.27. The fourth-order valence-electron chi connectivity index (χ4n) is 4.84. The van der Waals surface area contributed by atoms with Gasteiger partial charge in [0.15, 0.2) is 0 Å². The first-order chi connectivity index (χ1) is 22.3. The van der Waals surface area contributed by atoms with Crippen LogP contribution in [0.5, 0.6) is 0 Å². The Kier molecular flexibility index (Phi) is 11.0. The third-order valence-electron chi connectivity index (χ3n) is 7.61. The van der Waals surface area contributed by atoms with E-state index in [9.17, 15) is 0 Å². The van der Waals surface area contributed by atoms with E-state index in [1.807, 2.05) is 79.1 Å². The first-order valence-corrected chi connectivity index (χ1v) is 22.4. The van der Waals surface area contributed by atoms with Gasteiger partial charge in [0.25, 0.3) is 0 Å². The molecule has 6 rings (SSSR count). The topological polar surface area (TPSA) is 25.8 Å². The first-order valence-electron chi connectivity index (χ1n) is 16.4. The van der Waals surface area contributed by atoms with Crippen LogP contribution in [0, 0.1) is 12.1 Å². The van der Waals surface area contributed by atoms with Crippen molar-refractivity contribution in [2.75, 3.05) is 0 Å². The molecule has 46 heavy (non-hydrogen) atoms. The minimum absolute atomic E-state index is 0. The monoisotopic (exact) mass is 813 g/mol. The van der Waals surface area contributed by atoms with Crippen molar-refractivity contribution < 1.29 is 22.8 Å². The molecule has 0 amide bonds. The largest absolute Gasteiger partial charge is 0.305 e. The van der Waals surface area contributed by atoms with E-state index < -0.39 is 22.5 Å². The van der Waals surface area contributed by atoms with Crippen molar-refractivity contribution in [1.82, 2.24) is 9.97 Å². The quantitative estimate of drug-likeness (QED) is 0.119. The Balaban J connectivity index is 0.000000214. The zero-order valence-electron chi connectivity index (χ0n) is 29.4. The molecule has 0 atom stereocenters. The Morgan fingerprint density at radius 1 is 0.587 bits per heavy atom. The van der Waals surface area contributed by atoms with E-state index in [4.69, 9.17) is 2.74 Å². The Morgan fingerprint density at radius 2 is 1.17 bits per heavy atom. The van der Waals surface area contributed by atoms with Gasteiger partial charge in [-0.3, -0.25) is 0 Å². The molecular formula is C41H42IrN2Si2-2. The van der Waals surface area contributed by atoms with Crippen LogP contribution in [0.25, 0.3) is 33.6 Å². The molecule has 0 fully saturated rings. The van der Waals surface area contributed by atoms with Gasteiger partial charge in [-0.25, -0.2) is 0 Å². The van der Waals surface area contributed by atoms with Crippen molar-refractivity contribution in [2.45, 2.75) is 45.7 Å². The normalized spacial score (nSPS) is 12.1. The van der Waals surface area contributed by atoms with Gasteiger partial charge in [-0.1, -0.05) is 130 Å². The first kappa shape index (κ1) is 32.2. The summed E-state index contributed by atoms with van der Waals surface area (Å²) in [6, 6.07) is 46.3. The van der Waals surface area contributed by atoms with Crippen LogP contribution >= 0.6 is 0 Å². The number of rotatable bonds is 7. The van der Waals surface area contributed by atoms with Gasteiger partial charge < -0.3 is 9.97 Å². The third kappa shape index (κ3) is 9.40. The van der Waals surface area contributed by atoms with Crippen molar-refractivity contribution in [2.24, 2.45) is 0 Å². The number of pyridine rings is 2. The standard InChI is InChI=1S/C21H22NSi.C20H20NSi.Ir/c1-23(2,3)19-13-14-21(22-16-19)20-12-8-7-11-18(20)15-17-9-5-4-6-10-17;1-22(2,3)19-12-13-20(21-15-19)18-11-7-10-17(14-18)16-8-5-4-6-9-16;/h4-11,13-14,16H,15H2,1-3H3;4-10,12-15H,1-3H3;/q2*-1;/i15D2;;. The van der Waals surface area contributed by atoms with Crippen LogP contribution in [-0.2, 0) is 26.5 Å². The average Bonchev–Trinajstić information content (AvgIpc) is 3.09. The predicted octanol–water partition coefficient (Wildman–Crippen LogP) is 9.44. The van der Waals surface area contributed by atoms with E-state index in [0.717, 1.165) is 22.5 Å².